The highest BCUT2D eigenvalue weighted by Gasteiger charge is 2.28. The molecule has 2 N–H and O–H groups in total. The minimum Gasteiger partial charge on any atom is -0.383 e. The van der Waals surface area contributed by atoms with Crippen LogP contribution in [0.25, 0.3) is 34.1 Å². The standard InChI is InChI=1S/C29H24ClN7/c1-17-6-4-8-21-14-23(37(19(3)24(17)21)28-18(2)7-5-13-32-28)15-36-29-25(27(31)33-16-34-29)26(35-36)20-9-11-22(30)12-10-20/h4-14,16H,3,15H2,1-2H3,(H2,31,33,34). The lowest BCUT2D eigenvalue weighted by Gasteiger charge is -2.34. The Morgan fingerprint density at radius 3 is 2.51 bits per heavy atom. The smallest absolute Gasteiger partial charge is 0.164 e. The first-order chi connectivity index (χ1) is 17.9. The molecule has 0 saturated heterocycles. The third-order valence-corrected chi connectivity index (χ3v) is 6.91. The number of hydrogen-bond donors (Lipinski definition) is 1. The summed E-state index contributed by atoms with van der Waals surface area (Å²) in [5, 5.41) is 6.32. The fourth-order valence-corrected chi connectivity index (χ4v) is 5.06. The van der Waals surface area contributed by atoms with Gasteiger partial charge in [-0.05, 0) is 54.8 Å². The van der Waals surface area contributed by atoms with Crippen LogP contribution >= 0.6 is 11.6 Å². The number of benzene rings is 2. The predicted molar refractivity (Wildman–Crippen MR) is 150 cm³/mol. The van der Waals surface area contributed by atoms with Crippen LogP contribution in [0, 0.1) is 13.8 Å². The molecular formula is C29H24ClN7. The second-order valence-corrected chi connectivity index (χ2v) is 9.51. The van der Waals surface area contributed by atoms with Gasteiger partial charge < -0.3 is 5.73 Å². The van der Waals surface area contributed by atoms with Crippen LogP contribution in [0.2, 0.25) is 5.02 Å². The molecule has 1 aliphatic heterocycles. The van der Waals surface area contributed by atoms with E-state index in [1.54, 1.807) is 6.20 Å². The average Bonchev–Trinajstić information content (AvgIpc) is 3.25. The maximum Gasteiger partial charge on any atom is 0.164 e. The molecule has 0 spiro atoms. The molecule has 0 bridgehead atoms. The third kappa shape index (κ3) is 3.84. The van der Waals surface area contributed by atoms with Crippen LogP contribution in [0.4, 0.5) is 11.6 Å². The summed E-state index contributed by atoms with van der Waals surface area (Å²) in [5.41, 5.74) is 14.8. The van der Waals surface area contributed by atoms with E-state index < -0.39 is 0 Å². The molecule has 0 fully saturated rings. The van der Waals surface area contributed by atoms with E-state index in [-0.39, 0.29) is 0 Å². The molecule has 2 aromatic carbocycles. The molecule has 6 rings (SSSR count). The maximum atomic E-state index is 6.33. The van der Waals surface area contributed by atoms with Crippen LogP contribution in [0.5, 0.6) is 0 Å². The highest BCUT2D eigenvalue weighted by Crippen LogP contribution is 2.39. The third-order valence-electron chi connectivity index (χ3n) is 6.65. The van der Waals surface area contributed by atoms with Crippen LogP contribution < -0.4 is 10.6 Å². The first-order valence-electron chi connectivity index (χ1n) is 11.9. The molecule has 3 aromatic heterocycles. The van der Waals surface area contributed by atoms with Gasteiger partial charge in [0.05, 0.1) is 11.9 Å². The van der Waals surface area contributed by atoms with E-state index in [0.29, 0.717) is 34.1 Å². The number of anilines is 2. The average molecular weight is 506 g/mol. The summed E-state index contributed by atoms with van der Waals surface area (Å²) in [6.45, 7) is 9.08. The number of aromatic nitrogens is 5. The number of fused-ring (bicyclic) bond motifs is 2. The monoisotopic (exact) mass is 505 g/mol. The van der Waals surface area contributed by atoms with E-state index in [1.165, 1.54) is 6.33 Å². The summed E-state index contributed by atoms with van der Waals surface area (Å²) >= 11 is 6.13. The second-order valence-electron chi connectivity index (χ2n) is 9.07. The van der Waals surface area contributed by atoms with Gasteiger partial charge in [-0.25, -0.2) is 19.6 Å². The van der Waals surface area contributed by atoms with Crippen molar-refractivity contribution in [3.8, 4) is 11.3 Å². The number of allylic oxidation sites excluding steroid dienone is 1. The lowest BCUT2D eigenvalue weighted by atomic mass is 9.94. The molecular weight excluding hydrogens is 482 g/mol. The van der Waals surface area contributed by atoms with Crippen LogP contribution in [0.3, 0.4) is 0 Å². The lowest BCUT2D eigenvalue weighted by Crippen LogP contribution is -2.28. The molecule has 0 unspecified atom stereocenters. The molecule has 5 aromatic rings. The van der Waals surface area contributed by atoms with Crippen molar-refractivity contribution in [3.63, 3.8) is 0 Å². The number of nitrogen functional groups attached to an aromatic ring is 1. The van der Waals surface area contributed by atoms with Crippen LogP contribution in [0.1, 0.15) is 22.3 Å². The van der Waals surface area contributed by atoms with Crippen molar-refractivity contribution >= 4 is 46.0 Å². The first kappa shape index (κ1) is 22.9. The number of hydrogen-bond acceptors (Lipinski definition) is 6. The van der Waals surface area contributed by atoms with Crippen molar-refractivity contribution in [2.24, 2.45) is 0 Å². The number of nitrogens with two attached hydrogens (primary N) is 1. The van der Waals surface area contributed by atoms with Gasteiger partial charge in [0.25, 0.3) is 0 Å². The summed E-state index contributed by atoms with van der Waals surface area (Å²) in [5.74, 6) is 1.21. The van der Waals surface area contributed by atoms with E-state index in [1.807, 2.05) is 35.0 Å². The lowest BCUT2D eigenvalue weighted by molar-refractivity contribution is 0.688. The summed E-state index contributed by atoms with van der Waals surface area (Å²) in [7, 11) is 0. The summed E-state index contributed by atoms with van der Waals surface area (Å²) < 4.78 is 1.86. The van der Waals surface area contributed by atoms with Crippen LogP contribution in [0.15, 0.2) is 79.4 Å². The Labute approximate surface area is 219 Å². The van der Waals surface area contributed by atoms with Gasteiger partial charge in [-0.15, -0.1) is 0 Å². The Balaban J connectivity index is 1.54. The molecule has 0 aliphatic carbocycles. The second kappa shape index (κ2) is 8.87. The minimum absolute atomic E-state index is 0.377. The van der Waals surface area contributed by atoms with Gasteiger partial charge in [0.15, 0.2) is 5.65 Å². The number of aryl methyl sites for hydroxylation is 2. The van der Waals surface area contributed by atoms with Crippen LogP contribution in [-0.2, 0) is 6.54 Å². The van der Waals surface area contributed by atoms with Crippen molar-refractivity contribution in [1.82, 2.24) is 24.7 Å². The molecule has 1 aliphatic rings. The molecule has 0 atom stereocenters. The molecule has 182 valence electrons. The van der Waals surface area contributed by atoms with Gasteiger partial charge in [0, 0.05) is 33.7 Å². The highest BCUT2D eigenvalue weighted by atomic mass is 35.5. The van der Waals surface area contributed by atoms with E-state index in [0.717, 1.165) is 45.0 Å². The van der Waals surface area contributed by atoms with E-state index in [9.17, 15) is 0 Å². The summed E-state index contributed by atoms with van der Waals surface area (Å²) in [4.78, 5) is 15.6. The largest absolute Gasteiger partial charge is 0.383 e. The summed E-state index contributed by atoms with van der Waals surface area (Å²) in [6.07, 6.45) is 5.44. The summed E-state index contributed by atoms with van der Waals surface area (Å²) in [6, 6.07) is 17.8. The zero-order valence-electron chi connectivity index (χ0n) is 20.5. The molecule has 37 heavy (non-hydrogen) atoms. The topological polar surface area (TPSA) is 85.8 Å². The molecule has 4 heterocycles. The van der Waals surface area contributed by atoms with Gasteiger partial charge in [-0.3, -0.25) is 4.90 Å². The zero-order valence-corrected chi connectivity index (χ0v) is 21.2. The fourth-order valence-electron chi connectivity index (χ4n) is 4.93. The van der Waals surface area contributed by atoms with E-state index in [2.05, 4.69) is 65.6 Å². The van der Waals surface area contributed by atoms with Gasteiger partial charge in [-0.1, -0.05) is 54.6 Å². The Morgan fingerprint density at radius 1 is 0.946 bits per heavy atom. The number of nitrogens with zero attached hydrogens (tertiary/aromatic N) is 6. The van der Waals surface area contributed by atoms with Crippen molar-refractivity contribution < 1.29 is 0 Å². The number of rotatable bonds is 4. The SMILES string of the molecule is C=C1c2c(C)cccc2C=C(Cn2nc(-c3ccc(Cl)cc3)c3c(N)ncnc32)N1c1ncccc1C. The first-order valence-corrected chi connectivity index (χ1v) is 12.2. The van der Waals surface area contributed by atoms with Gasteiger partial charge in [-0.2, -0.15) is 5.10 Å². The number of halogens is 1. The predicted octanol–water partition coefficient (Wildman–Crippen LogP) is 6.27. The van der Waals surface area contributed by atoms with Crippen molar-refractivity contribution in [1.29, 1.82) is 0 Å². The van der Waals surface area contributed by atoms with Gasteiger partial charge in [0.2, 0.25) is 0 Å². The van der Waals surface area contributed by atoms with E-state index in [4.69, 9.17) is 27.4 Å². The Morgan fingerprint density at radius 2 is 1.73 bits per heavy atom. The van der Waals surface area contributed by atoms with E-state index >= 15 is 0 Å². The molecule has 8 heteroatoms. The molecule has 0 saturated carbocycles. The quantitative estimate of drug-likeness (QED) is 0.309. The van der Waals surface area contributed by atoms with Crippen LogP contribution in [-0.4, -0.2) is 24.7 Å². The normalized spacial score (nSPS) is 13.1. The maximum absolute atomic E-state index is 6.33. The van der Waals surface area contributed by atoms with Crippen molar-refractivity contribution in [2.45, 2.75) is 20.4 Å². The Hall–Kier alpha value is -4.49. The van der Waals surface area contributed by atoms with Crippen molar-refractivity contribution in [2.75, 3.05) is 10.6 Å². The van der Waals surface area contributed by atoms with Gasteiger partial charge >= 0.3 is 0 Å². The fraction of sp³-hybridized carbons (Fsp3) is 0.103. The Kier molecular flexibility index (Phi) is 5.50. The Bertz CT molecular complexity index is 1720. The molecule has 0 amide bonds. The number of pyridine rings is 1. The zero-order chi connectivity index (χ0) is 25.7. The molecule has 7 nitrogen and oxygen atoms in total. The van der Waals surface area contributed by atoms with Crippen molar-refractivity contribution in [3.05, 3.63) is 107 Å². The minimum atomic E-state index is 0.377. The van der Waals surface area contributed by atoms with Gasteiger partial charge in [0.1, 0.15) is 23.7 Å². The highest BCUT2D eigenvalue weighted by molar-refractivity contribution is 6.30. The molecule has 0 radical (unpaired) electrons.